The van der Waals surface area contributed by atoms with Crippen LogP contribution in [0.25, 0.3) is 0 Å². The Morgan fingerprint density at radius 1 is 1.38 bits per heavy atom. The van der Waals surface area contributed by atoms with Crippen LogP contribution in [0.3, 0.4) is 0 Å². The van der Waals surface area contributed by atoms with Gasteiger partial charge >= 0.3 is 0 Å². The van der Waals surface area contributed by atoms with Crippen LogP contribution in [-0.4, -0.2) is 56.2 Å². The molecule has 130 valence electrons. The molecule has 2 aliphatic heterocycles. The predicted octanol–water partition coefficient (Wildman–Crippen LogP) is 1.68. The van der Waals surface area contributed by atoms with Crippen molar-refractivity contribution >= 4 is 11.8 Å². The van der Waals surface area contributed by atoms with Gasteiger partial charge in [0.25, 0.3) is 0 Å². The Morgan fingerprint density at radius 2 is 2.21 bits per heavy atom. The quantitative estimate of drug-likeness (QED) is 0.899. The number of aryl methyl sites for hydroxylation is 1. The van der Waals surface area contributed by atoms with Crippen molar-refractivity contribution in [3.05, 3.63) is 24.2 Å². The maximum atomic E-state index is 9.71. The normalized spacial score (nSPS) is 24.0. The van der Waals surface area contributed by atoms with Crippen LogP contribution in [0.5, 0.6) is 0 Å². The van der Waals surface area contributed by atoms with Gasteiger partial charge in [0.15, 0.2) is 10.2 Å². The highest BCUT2D eigenvalue weighted by Gasteiger charge is 2.42. The number of ether oxygens (including phenoxy) is 1. The molecule has 0 unspecified atom stereocenters. The molecule has 2 aliphatic rings. The third kappa shape index (κ3) is 3.37. The van der Waals surface area contributed by atoms with E-state index >= 15 is 0 Å². The average Bonchev–Trinajstić information content (AvgIpc) is 3.26. The number of hydrogen-bond acceptors (Lipinski definition) is 7. The third-order valence-electron chi connectivity index (χ3n) is 4.84. The van der Waals surface area contributed by atoms with Gasteiger partial charge in [-0.05, 0) is 36.7 Å². The smallest absolute Gasteiger partial charge is 0.198 e. The first kappa shape index (κ1) is 16.1. The van der Waals surface area contributed by atoms with Crippen molar-refractivity contribution in [2.45, 2.75) is 47.8 Å². The number of furan rings is 1. The van der Waals surface area contributed by atoms with E-state index in [1.165, 1.54) is 11.8 Å². The van der Waals surface area contributed by atoms with Crippen LogP contribution in [0.2, 0.25) is 0 Å². The molecule has 1 spiro atoms. The summed E-state index contributed by atoms with van der Waals surface area (Å²) in [6.45, 7) is 3.23. The summed E-state index contributed by atoms with van der Waals surface area (Å²) in [5.74, 6) is 0.961. The molecule has 2 aromatic rings. The molecule has 4 rings (SSSR count). The molecular weight excluding hydrogens is 328 g/mol. The standard InChI is InChI=1S/C16H22N4O3S/c1-19-11-17-18-15(19)24-14-3-2-13(23-14)9-20-6-4-16(5-7-20)8-12(21)10-22-16/h2-3,11-12,21H,4-10H2,1H3/t12-/m0/s1. The van der Waals surface area contributed by atoms with Crippen molar-refractivity contribution < 1.29 is 14.3 Å². The van der Waals surface area contributed by atoms with Crippen molar-refractivity contribution in [1.29, 1.82) is 0 Å². The second kappa shape index (κ2) is 6.51. The number of nitrogens with zero attached hydrogens (tertiary/aromatic N) is 4. The molecule has 24 heavy (non-hydrogen) atoms. The Labute approximate surface area is 145 Å². The largest absolute Gasteiger partial charge is 0.453 e. The predicted molar refractivity (Wildman–Crippen MR) is 87.7 cm³/mol. The lowest BCUT2D eigenvalue weighted by atomic mass is 9.88. The molecule has 2 saturated heterocycles. The van der Waals surface area contributed by atoms with Gasteiger partial charge in [0.2, 0.25) is 0 Å². The van der Waals surface area contributed by atoms with Crippen LogP contribution in [0.15, 0.2) is 33.1 Å². The summed E-state index contributed by atoms with van der Waals surface area (Å²) >= 11 is 1.48. The van der Waals surface area contributed by atoms with Crippen molar-refractivity contribution in [2.24, 2.45) is 7.05 Å². The summed E-state index contributed by atoms with van der Waals surface area (Å²) in [4.78, 5) is 2.38. The molecule has 0 saturated carbocycles. The Hall–Kier alpha value is -1.35. The molecule has 2 fully saturated rings. The van der Waals surface area contributed by atoms with Crippen molar-refractivity contribution in [3.63, 3.8) is 0 Å². The zero-order chi connectivity index (χ0) is 16.6. The SMILES string of the molecule is Cn1cnnc1Sc1ccc(CN2CCC3(CC2)C[C@H](O)CO3)o1. The van der Waals surface area contributed by atoms with E-state index in [0.717, 1.165) is 54.9 Å². The summed E-state index contributed by atoms with van der Waals surface area (Å²) in [6, 6.07) is 4.01. The van der Waals surface area contributed by atoms with Crippen LogP contribution in [0, 0.1) is 0 Å². The minimum atomic E-state index is -0.290. The van der Waals surface area contributed by atoms with Crippen LogP contribution in [0.4, 0.5) is 0 Å². The van der Waals surface area contributed by atoms with Gasteiger partial charge in [-0.3, -0.25) is 4.90 Å². The first-order chi connectivity index (χ1) is 11.6. The van der Waals surface area contributed by atoms with Crippen LogP contribution in [-0.2, 0) is 18.3 Å². The summed E-state index contributed by atoms with van der Waals surface area (Å²) in [7, 11) is 1.91. The minimum absolute atomic E-state index is 0.0920. The van der Waals surface area contributed by atoms with E-state index in [1.54, 1.807) is 6.33 Å². The second-order valence-corrected chi connectivity index (χ2v) is 7.65. The first-order valence-electron chi connectivity index (χ1n) is 8.27. The Kier molecular flexibility index (Phi) is 4.38. The van der Waals surface area contributed by atoms with Crippen molar-refractivity contribution in [3.8, 4) is 0 Å². The lowest BCUT2D eigenvalue weighted by Gasteiger charge is -2.38. The fourth-order valence-electron chi connectivity index (χ4n) is 3.46. The fourth-order valence-corrected chi connectivity index (χ4v) is 4.20. The van der Waals surface area contributed by atoms with E-state index in [4.69, 9.17) is 9.15 Å². The van der Waals surface area contributed by atoms with E-state index in [-0.39, 0.29) is 11.7 Å². The zero-order valence-corrected chi connectivity index (χ0v) is 14.5. The summed E-state index contributed by atoms with van der Waals surface area (Å²) in [5, 5.41) is 19.3. The average molecular weight is 350 g/mol. The lowest BCUT2D eigenvalue weighted by Crippen LogP contribution is -2.43. The zero-order valence-electron chi connectivity index (χ0n) is 13.7. The van der Waals surface area contributed by atoms with Gasteiger partial charge in [0.1, 0.15) is 12.1 Å². The minimum Gasteiger partial charge on any atom is -0.453 e. The molecule has 0 aliphatic carbocycles. The highest BCUT2D eigenvalue weighted by Crippen LogP contribution is 2.36. The number of aliphatic hydroxyl groups excluding tert-OH is 1. The molecule has 7 nitrogen and oxygen atoms in total. The molecule has 4 heterocycles. The number of aliphatic hydroxyl groups is 1. The molecular formula is C16H22N4O3S. The molecule has 0 aromatic carbocycles. The second-order valence-electron chi connectivity index (χ2n) is 6.68. The number of likely N-dealkylation sites (tertiary alicyclic amines) is 1. The number of piperidine rings is 1. The maximum absolute atomic E-state index is 9.71. The molecule has 1 N–H and O–H groups in total. The van der Waals surface area contributed by atoms with Gasteiger partial charge in [-0.25, -0.2) is 0 Å². The molecule has 0 bridgehead atoms. The molecule has 2 aromatic heterocycles. The van der Waals surface area contributed by atoms with Gasteiger partial charge in [-0.1, -0.05) is 0 Å². The van der Waals surface area contributed by atoms with E-state index in [1.807, 2.05) is 23.7 Å². The third-order valence-corrected chi connectivity index (χ3v) is 5.81. The number of hydrogen-bond donors (Lipinski definition) is 1. The highest BCUT2D eigenvalue weighted by molar-refractivity contribution is 7.99. The number of rotatable bonds is 4. The van der Waals surface area contributed by atoms with Gasteiger partial charge in [0.05, 0.1) is 24.9 Å². The van der Waals surface area contributed by atoms with E-state index < -0.39 is 0 Å². The van der Waals surface area contributed by atoms with Gasteiger partial charge < -0.3 is 18.8 Å². The van der Waals surface area contributed by atoms with Gasteiger partial charge in [-0.2, -0.15) is 0 Å². The van der Waals surface area contributed by atoms with E-state index in [2.05, 4.69) is 15.1 Å². The first-order valence-corrected chi connectivity index (χ1v) is 9.08. The topological polar surface area (TPSA) is 76.6 Å². The van der Waals surface area contributed by atoms with E-state index in [0.29, 0.717) is 6.61 Å². The van der Waals surface area contributed by atoms with Crippen LogP contribution in [0.1, 0.15) is 25.0 Å². The summed E-state index contributed by atoms with van der Waals surface area (Å²) < 4.78 is 13.6. The molecule has 1 atom stereocenters. The molecule has 0 radical (unpaired) electrons. The summed E-state index contributed by atoms with van der Waals surface area (Å²) in [5.41, 5.74) is -0.0920. The molecule has 0 amide bonds. The highest BCUT2D eigenvalue weighted by atomic mass is 32.2. The Bertz CT molecular complexity index is 693. The number of aromatic nitrogens is 3. The molecule has 8 heteroatoms. The van der Waals surface area contributed by atoms with Crippen LogP contribution >= 0.6 is 11.8 Å². The Morgan fingerprint density at radius 3 is 2.88 bits per heavy atom. The van der Waals surface area contributed by atoms with Crippen LogP contribution < -0.4 is 0 Å². The van der Waals surface area contributed by atoms with Gasteiger partial charge in [-0.15, -0.1) is 10.2 Å². The maximum Gasteiger partial charge on any atom is 0.198 e. The van der Waals surface area contributed by atoms with Crippen molar-refractivity contribution in [1.82, 2.24) is 19.7 Å². The summed E-state index contributed by atoms with van der Waals surface area (Å²) in [6.07, 6.45) is 4.12. The van der Waals surface area contributed by atoms with Gasteiger partial charge in [0, 0.05) is 26.6 Å². The monoisotopic (exact) mass is 350 g/mol. The Balaban J connectivity index is 1.31. The lowest BCUT2D eigenvalue weighted by molar-refractivity contribution is -0.0466. The van der Waals surface area contributed by atoms with E-state index in [9.17, 15) is 5.11 Å². The van der Waals surface area contributed by atoms with Crippen molar-refractivity contribution in [2.75, 3.05) is 19.7 Å². The fraction of sp³-hybridized carbons (Fsp3) is 0.625.